The summed E-state index contributed by atoms with van der Waals surface area (Å²) in [4.78, 5) is 24.5. The molecule has 0 spiro atoms. The van der Waals surface area contributed by atoms with Crippen LogP contribution in [0.5, 0.6) is 5.75 Å². The second-order valence-electron chi connectivity index (χ2n) is 7.47. The Bertz CT molecular complexity index is 1040. The van der Waals surface area contributed by atoms with Crippen molar-refractivity contribution in [3.05, 3.63) is 62.0 Å². The Morgan fingerprint density at radius 3 is 1.75 bits per heavy atom. The fraction of sp³-hybridized carbons (Fsp3) is 0.304. The van der Waals surface area contributed by atoms with Crippen molar-refractivity contribution in [2.24, 2.45) is 10.3 Å². The highest BCUT2D eigenvalue weighted by Crippen LogP contribution is 2.24. The number of nitrogens with one attached hydrogen (secondary N) is 2. The SMILES string of the molecule is Cc1ccc(C/C(=N/O)C(=O)NCCSSCCNC(=O)/C(Cc2ccc(O)c(Br)c2)=N\O)cc1Br. The van der Waals surface area contributed by atoms with Gasteiger partial charge in [-0.15, -0.1) is 0 Å². The number of hydrogen-bond acceptors (Lipinski definition) is 9. The molecule has 2 rings (SSSR count). The van der Waals surface area contributed by atoms with Gasteiger partial charge in [-0.2, -0.15) is 0 Å². The van der Waals surface area contributed by atoms with Gasteiger partial charge >= 0.3 is 0 Å². The number of benzene rings is 2. The number of amides is 2. The fourth-order valence-corrected chi connectivity index (χ4v) is 5.52. The number of nitrogens with zero attached hydrogens (tertiary/aromatic N) is 2. The maximum absolute atomic E-state index is 12.3. The summed E-state index contributed by atoms with van der Waals surface area (Å²) in [5.74, 6) is 0.412. The van der Waals surface area contributed by atoms with Gasteiger partial charge in [0, 0.05) is 41.9 Å². The van der Waals surface area contributed by atoms with Crippen molar-refractivity contribution in [3.63, 3.8) is 0 Å². The lowest BCUT2D eigenvalue weighted by molar-refractivity contribution is -0.115. The van der Waals surface area contributed by atoms with Crippen LogP contribution in [0.3, 0.4) is 0 Å². The lowest BCUT2D eigenvalue weighted by Gasteiger charge is -2.09. The van der Waals surface area contributed by atoms with Gasteiger partial charge < -0.3 is 26.2 Å². The topological polar surface area (TPSA) is 144 Å². The number of phenols is 1. The van der Waals surface area contributed by atoms with Crippen molar-refractivity contribution in [2.45, 2.75) is 19.8 Å². The van der Waals surface area contributed by atoms with E-state index in [1.54, 1.807) is 12.1 Å². The first-order valence-electron chi connectivity index (χ1n) is 10.7. The van der Waals surface area contributed by atoms with Crippen LogP contribution >= 0.6 is 53.4 Å². The Hall–Kier alpha value is -2.22. The minimum atomic E-state index is -0.476. The van der Waals surface area contributed by atoms with Gasteiger partial charge in [-0.1, -0.05) is 66.0 Å². The molecule has 9 nitrogen and oxygen atoms in total. The van der Waals surface area contributed by atoms with Gasteiger partial charge in [0.2, 0.25) is 0 Å². The van der Waals surface area contributed by atoms with Crippen LogP contribution in [0.2, 0.25) is 0 Å². The van der Waals surface area contributed by atoms with Gasteiger partial charge in [0.1, 0.15) is 17.2 Å². The minimum absolute atomic E-state index is 0.0344. The lowest BCUT2D eigenvalue weighted by Crippen LogP contribution is -2.34. The van der Waals surface area contributed by atoms with E-state index in [-0.39, 0.29) is 30.0 Å². The lowest BCUT2D eigenvalue weighted by atomic mass is 10.1. The second kappa shape index (κ2) is 15.8. The van der Waals surface area contributed by atoms with Gasteiger partial charge in [0.25, 0.3) is 11.8 Å². The average molecular weight is 662 g/mol. The minimum Gasteiger partial charge on any atom is -0.507 e. The Labute approximate surface area is 233 Å². The van der Waals surface area contributed by atoms with Crippen molar-refractivity contribution in [2.75, 3.05) is 24.6 Å². The summed E-state index contributed by atoms with van der Waals surface area (Å²) in [6.45, 7) is 2.72. The Morgan fingerprint density at radius 2 is 1.31 bits per heavy atom. The third-order valence-electron chi connectivity index (χ3n) is 4.78. The Morgan fingerprint density at radius 1 is 0.833 bits per heavy atom. The van der Waals surface area contributed by atoms with E-state index in [2.05, 4.69) is 52.8 Å². The molecule has 36 heavy (non-hydrogen) atoms. The number of aryl methyl sites for hydroxylation is 1. The van der Waals surface area contributed by atoms with E-state index in [1.807, 2.05) is 25.1 Å². The Kier molecular flexibility index (Phi) is 13.2. The van der Waals surface area contributed by atoms with Crippen LogP contribution in [0, 0.1) is 6.92 Å². The highest BCUT2D eigenvalue weighted by molar-refractivity contribution is 9.10. The molecule has 13 heteroatoms. The maximum atomic E-state index is 12.3. The summed E-state index contributed by atoms with van der Waals surface area (Å²) in [5, 5.41) is 39.6. The smallest absolute Gasteiger partial charge is 0.269 e. The van der Waals surface area contributed by atoms with E-state index in [1.165, 1.54) is 27.7 Å². The molecule has 0 aliphatic heterocycles. The monoisotopic (exact) mass is 660 g/mol. The van der Waals surface area contributed by atoms with Crippen LogP contribution in [0.4, 0.5) is 0 Å². The third kappa shape index (κ3) is 10.0. The van der Waals surface area contributed by atoms with E-state index in [4.69, 9.17) is 0 Å². The van der Waals surface area contributed by atoms with Crippen molar-refractivity contribution < 1.29 is 25.1 Å². The normalized spacial score (nSPS) is 11.9. The van der Waals surface area contributed by atoms with Crippen LogP contribution in [0.25, 0.3) is 0 Å². The molecule has 2 aromatic carbocycles. The number of phenolic OH excluding ortho intramolecular Hbond substituents is 1. The highest BCUT2D eigenvalue weighted by Gasteiger charge is 2.15. The quantitative estimate of drug-likeness (QED) is 0.0709. The van der Waals surface area contributed by atoms with Crippen molar-refractivity contribution >= 4 is 76.7 Å². The molecule has 2 amide bonds. The number of oxime groups is 2. The highest BCUT2D eigenvalue weighted by atomic mass is 79.9. The number of rotatable bonds is 13. The van der Waals surface area contributed by atoms with Crippen molar-refractivity contribution in [3.8, 4) is 5.75 Å². The first-order chi connectivity index (χ1) is 17.2. The predicted molar refractivity (Wildman–Crippen MR) is 151 cm³/mol. The molecule has 0 saturated heterocycles. The largest absolute Gasteiger partial charge is 0.507 e. The van der Waals surface area contributed by atoms with Gasteiger partial charge in [-0.05, 0) is 57.7 Å². The summed E-state index contributed by atoms with van der Waals surface area (Å²) in [6.07, 6.45) is 0.328. The molecule has 0 heterocycles. The molecule has 0 aromatic heterocycles. The number of carbonyl (C=O) groups is 2. The van der Waals surface area contributed by atoms with E-state index >= 15 is 0 Å². The molecule has 0 unspecified atom stereocenters. The van der Waals surface area contributed by atoms with Crippen LogP contribution in [-0.2, 0) is 22.4 Å². The third-order valence-corrected chi connectivity index (χ3v) is 8.68. The Balaban J connectivity index is 1.62. The maximum Gasteiger partial charge on any atom is 0.269 e. The zero-order valence-corrected chi connectivity index (χ0v) is 24.1. The molecule has 0 bridgehead atoms. The molecule has 0 saturated carbocycles. The first kappa shape index (κ1) is 30.0. The first-order valence-corrected chi connectivity index (χ1v) is 14.8. The van der Waals surface area contributed by atoms with Crippen molar-refractivity contribution in [1.82, 2.24) is 10.6 Å². The van der Waals surface area contributed by atoms with Crippen LogP contribution in [0.1, 0.15) is 16.7 Å². The molecule has 5 N–H and O–H groups in total. The summed E-state index contributed by atoms with van der Waals surface area (Å²) in [5.41, 5.74) is 2.63. The second-order valence-corrected chi connectivity index (χ2v) is 11.9. The van der Waals surface area contributed by atoms with Crippen LogP contribution < -0.4 is 10.6 Å². The molecule has 0 atom stereocenters. The number of carbonyl (C=O) groups excluding carboxylic acids is 2. The van der Waals surface area contributed by atoms with Gasteiger partial charge in [-0.3, -0.25) is 9.59 Å². The molecule has 0 fully saturated rings. The van der Waals surface area contributed by atoms with E-state index in [0.29, 0.717) is 34.6 Å². The van der Waals surface area contributed by atoms with E-state index in [0.717, 1.165) is 15.6 Å². The average Bonchev–Trinajstić information content (AvgIpc) is 2.86. The standard InChI is InChI=1S/C23H26Br2N4O5S2/c1-14-2-3-15(10-17(14)24)12-19(28-33)22(31)26-6-8-35-36-9-7-27-23(32)20(29-34)13-16-4-5-21(30)18(25)11-16/h2-5,10-11,30,33-34H,6-9,12-13H2,1H3,(H,26,31)(H,27,32)/b28-19-,29-20-. The molecule has 0 radical (unpaired) electrons. The predicted octanol–water partition coefficient (Wildman–Crippen LogP) is 4.29. The number of hydrogen-bond donors (Lipinski definition) is 5. The van der Waals surface area contributed by atoms with Gasteiger partial charge in [0.15, 0.2) is 0 Å². The summed E-state index contributed by atoms with van der Waals surface area (Å²) < 4.78 is 1.41. The van der Waals surface area contributed by atoms with Gasteiger partial charge in [-0.25, -0.2) is 0 Å². The van der Waals surface area contributed by atoms with Crippen LogP contribution in [0.15, 0.2) is 55.7 Å². The molecular formula is C23H26Br2N4O5S2. The molecule has 0 aliphatic carbocycles. The van der Waals surface area contributed by atoms with E-state index < -0.39 is 11.8 Å². The molecular weight excluding hydrogens is 636 g/mol. The molecule has 2 aromatic rings. The fourth-order valence-electron chi connectivity index (χ4n) is 2.85. The zero-order chi connectivity index (χ0) is 26.5. The number of halogens is 2. The number of aromatic hydroxyl groups is 1. The summed E-state index contributed by atoms with van der Waals surface area (Å²) in [6, 6.07) is 10.5. The summed E-state index contributed by atoms with van der Waals surface area (Å²) >= 11 is 6.66. The molecule has 0 aliphatic rings. The zero-order valence-electron chi connectivity index (χ0n) is 19.3. The van der Waals surface area contributed by atoms with E-state index in [9.17, 15) is 25.1 Å². The molecule has 194 valence electrons. The van der Waals surface area contributed by atoms with Crippen LogP contribution in [-0.4, -0.2) is 63.4 Å². The van der Waals surface area contributed by atoms with Gasteiger partial charge in [0.05, 0.1) is 4.47 Å². The van der Waals surface area contributed by atoms with Crippen molar-refractivity contribution in [1.29, 1.82) is 0 Å². The summed E-state index contributed by atoms with van der Waals surface area (Å²) in [7, 11) is 3.05.